The number of ether oxygens (including phenoxy) is 1. The molecule has 0 heterocycles. The third-order valence-electron chi connectivity index (χ3n) is 2.59. The van der Waals surface area contributed by atoms with E-state index in [1.807, 2.05) is 36.4 Å². The lowest BCUT2D eigenvalue weighted by Crippen LogP contribution is -2.20. The molecule has 106 valence electrons. The second kappa shape index (κ2) is 7.43. The van der Waals surface area contributed by atoms with Crippen LogP contribution in [0.1, 0.15) is 0 Å². The normalized spacial score (nSPS) is 12.1. The number of hydrogen-bond acceptors (Lipinski definition) is 4. The highest BCUT2D eigenvalue weighted by Crippen LogP contribution is 2.23. The third-order valence-corrected chi connectivity index (χ3v) is 3.96. The molecule has 2 aromatic carbocycles. The van der Waals surface area contributed by atoms with Crippen molar-refractivity contribution >= 4 is 29.1 Å². The van der Waals surface area contributed by atoms with Gasteiger partial charge in [-0.3, -0.25) is 0 Å². The molecule has 0 amide bonds. The number of nitrogen functional groups attached to an aromatic ring is 1. The minimum atomic E-state index is -0.571. The van der Waals surface area contributed by atoms with Gasteiger partial charge in [-0.1, -0.05) is 29.8 Å². The van der Waals surface area contributed by atoms with Gasteiger partial charge < -0.3 is 15.6 Å². The number of hydrogen-bond donors (Lipinski definition) is 2. The zero-order valence-corrected chi connectivity index (χ0v) is 12.4. The van der Waals surface area contributed by atoms with Crippen LogP contribution in [0.4, 0.5) is 5.69 Å². The molecule has 0 bridgehead atoms. The maximum atomic E-state index is 9.91. The lowest BCUT2D eigenvalue weighted by molar-refractivity contribution is 0.127. The maximum absolute atomic E-state index is 9.91. The highest BCUT2D eigenvalue weighted by Gasteiger charge is 2.08. The van der Waals surface area contributed by atoms with Crippen LogP contribution < -0.4 is 10.5 Å². The van der Waals surface area contributed by atoms with Crippen LogP contribution >= 0.6 is 23.4 Å². The molecule has 0 radical (unpaired) electrons. The second-order valence-corrected chi connectivity index (χ2v) is 5.80. The van der Waals surface area contributed by atoms with Crippen molar-refractivity contribution in [2.45, 2.75) is 11.0 Å². The fourth-order valence-corrected chi connectivity index (χ4v) is 2.72. The van der Waals surface area contributed by atoms with Crippen molar-refractivity contribution in [3.63, 3.8) is 0 Å². The summed E-state index contributed by atoms with van der Waals surface area (Å²) in [6.07, 6.45) is -0.571. The van der Waals surface area contributed by atoms with Gasteiger partial charge in [0, 0.05) is 15.7 Å². The molecule has 5 heteroatoms. The number of thioether (sulfide) groups is 1. The standard InChI is InChI=1S/C15H16ClNO2S/c16-11-4-3-5-13(8-11)20-10-12(18)9-19-15-7-2-1-6-14(15)17/h1-8,12,18H,9-10,17H2. The molecule has 2 aromatic rings. The Morgan fingerprint density at radius 2 is 2.00 bits per heavy atom. The van der Waals surface area contributed by atoms with E-state index in [9.17, 15) is 5.11 Å². The molecule has 0 aliphatic heterocycles. The van der Waals surface area contributed by atoms with Crippen molar-refractivity contribution in [3.8, 4) is 5.75 Å². The highest BCUT2D eigenvalue weighted by atomic mass is 35.5. The van der Waals surface area contributed by atoms with E-state index >= 15 is 0 Å². The summed E-state index contributed by atoms with van der Waals surface area (Å²) in [5.74, 6) is 1.13. The Kier molecular flexibility index (Phi) is 5.59. The Hall–Kier alpha value is -1.36. The van der Waals surface area contributed by atoms with Crippen LogP contribution in [-0.4, -0.2) is 23.6 Å². The zero-order valence-electron chi connectivity index (χ0n) is 10.8. The van der Waals surface area contributed by atoms with Gasteiger partial charge in [0.05, 0.1) is 11.8 Å². The number of nitrogens with two attached hydrogens (primary N) is 1. The third kappa shape index (κ3) is 4.63. The van der Waals surface area contributed by atoms with Gasteiger partial charge in [-0.05, 0) is 30.3 Å². The first-order chi connectivity index (χ1) is 9.65. The average Bonchev–Trinajstić information content (AvgIpc) is 2.44. The lowest BCUT2D eigenvalue weighted by Gasteiger charge is -2.13. The summed E-state index contributed by atoms with van der Waals surface area (Å²) in [5.41, 5.74) is 6.33. The van der Waals surface area contributed by atoms with Crippen LogP contribution in [-0.2, 0) is 0 Å². The van der Waals surface area contributed by atoms with Gasteiger partial charge in [0.2, 0.25) is 0 Å². The molecule has 20 heavy (non-hydrogen) atoms. The van der Waals surface area contributed by atoms with Gasteiger partial charge in [-0.25, -0.2) is 0 Å². The van der Waals surface area contributed by atoms with Crippen molar-refractivity contribution in [1.82, 2.24) is 0 Å². The Bertz CT molecular complexity index is 565. The molecule has 0 aromatic heterocycles. The monoisotopic (exact) mass is 309 g/mol. The second-order valence-electron chi connectivity index (χ2n) is 4.27. The molecule has 3 N–H and O–H groups in total. The first kappa shape index (κ1) is 15.0. The summed E-state index contributed by atoms with van der Waals surface area (Å²) in [4.78, 5) is 1.02. The number of halogens is 1. The van der Waals surface area contributed by atoms with Gasteiger partial charge >= 0.3 is 0 Å². The van der Waals surface area contributed by atoms with E-state index in [4.69, 9.17) is 22.1 Å². The maximum Gasteiger partial charge on any atom is 0.142 e. The number of rotatable bonds is 6. The molecule has 1 atom stereocenters. The number of para-hydroxylation sites is 2. The largest absolute Gasteiger partial charge is 0.489 e. The quantitative estimate of drug-likeness (QED) is 0.634. The molecule has 0 aliphatic carbocycles. The Morgan fingerprint density at radius 3 is 2.75 bits per heavy atom. The summed E-state index contributed by atoms with van der Waals surface area (Å²) in [5, 5.41) is 10.6. The fraction of sp³-hybridized carbons (Fsp3) is 0.200. The Labute approximate surface area is 127 Å². The Morgan fingerprint density at radius 1 is 1.20 bits per heavy atom. The van der Waals surface area contributed by atoms with Crippen molar-refractivity contribution in [1.29, 1.82) is 0 Å². The smallest absolute Gasteiger partial charge is 0.142 e. The molecule has 0 saturated heterocycles. The number of aliphatic hydroxyl groups is 1. The summed E-state index contributed by atoms with van der Waals surface area (Å²) in [7, 11) is 0. The molecular formula is C15H16ClNO2S. The first-order valence-electron chi connectivity index (χ1n) is 6.19. The van der Waals surface area contributed by atoms with Crippen molar-refractivity contribution < 1.29 is 9.84 Å². The van der Waals surface area contributed by atoms with Gasteiger partial charge in [0.25, 0.3) is 0 Å². The fourth-order valence-electron chi connectivity index (χ4n) is 1.60. The van der Waals surface area contributed by atoms with Crippen molar-refractivity contribution in [3.05, 3.63) is 53.6 Å². The molecule has 0 saturated carbocycles. The van der Waals surface area contributed by atoms with E-state index < -0.39 is 6.10 Å². The van der Waals surface area contributed by atoms with Crippen LogP contribution in [0.5, 0.6) is 5.75 Å². The molecule has 1 unspecified atom stereocenters. The van der Waals surface area contributed by atoms with E-state index in [0.29, 0.717) is 22.2 Å². The highest BCUT2D eigenvalue weighted by molar-refractivity contribution is 7.99. The van der Waals surface area contributed by atoms with Crippen LogP contribution in [0.25, 0.3) is 0 Å². The van der Waals surface area contributed by atoms with Crippen LogP contribution in [0.2, 0.25) is 5.02 Å². The van der Waals surface area contributed by atoms with Crippen LogP contribution in [0.15, 0.2) is 53.4 Å². The zero-order chi connectivity index (χ0) is 14.4. The van der Waals surface area contributed by atoms with Crippen LogP contribution in [0, 0.1) is 0 Å². The Balaban J connectivity index is 1.78. The molecule has 2 rings (SSSR count). The van der Waals surface area contributed by atoms with E-state index in [0.717, 1.165) is 4.90 Å². The minimum absolute atomic E-state index is 0.210. The average molecular weight is 310 g/mol. The lowest BCUT2D eigenvalue weighted by atomic mass is 10.3. The molecule has 0 spiro atoms. The number of anilines is 1. The van der Waals surface area contributed by atoms with E-state index in [1.165, 1.54) is 11.8 Å². The van der Waals surface area contributed by atoms with Crippen molar-refractivity contribution in [2.24, 2.45) is 0 Å². The van der Waals surface area contributed by atoms with Gasteiger partial charge in [-0.2, -0.15) is 0 Å². The number of benzene rings is 2. The SMILES string of the molecule is Nc1ccccc1OCC(O)CSc1cccc(Cl)c1. The molecule has 0 fully saturated rings. The molecule has 0 aliphatic rings. The molecular weight excluding hydrogens is 294 g/mol. The first-order valence-corrected chi connectivity index (χ1v) is 7.55. The van der Waals surface area contributed by atoms with Crippen molar-refractivity contribution in [2.75, 3.05) is 18.1 Å². The predicted molar refractivity (Wildman–Crippen MR) is 84.5 cm³/mol. The van der Waals surface area contributed by atoms with Gasteiger partial charge in [0.1, 0.15) is 12.4 Å². The van der Waals surface area contributed by atoms with Gasteiger partial charge in [-0.15, -0.1) is 11.8 Å². The van der Waals surface area contributed by atoms with E-state index in [-0.39, 0.29) is 6.61 Å². The van der Waals surface area contributed by atoms with Gasteiger partial charge in [0.15, 0.2) is 0 Å². The summed E-state index contributed by atoms with van der Waals surface area (Å²) in [6, 6.07) is 14.8. The van der Waals surface area contributed by atoms with Crippen LogP contribution in [0.3, 0.4) is 0 Å². The predicted octanol–water partition coefficient (Wildman–Crippen LogP) is 3.45. The summed E-state index contributed by atoms with van der Waals surface area (Å²) in [6.45, 7) is 0.210. The minimum Gasteiger partial charge on any atom is -0.489 e. The van der Waals surface area contributed by atoms with E-state index in [2.05, 4.69) is 0 Å². The number of aliphatic hydroxyl groups excluding tert-OH is 1. The topological polar surface area (TPSA) is 55.5 Å². The molecule has 3 nitrogen and oxygen atoms in total. The van der Waals surface area contributed by atoms with E-state index in [1.54, 1.807) is 12.1 Å². The summed E-state index contributed by atoms with van der Waals surface area (Å²) < 4.78 is 5.50. The summed E-state index contributed by atoms with van der Waals surface area (Å²) >= 11 is 7.44.